The van der Waals surface area contributed by atoms with E-state index in [0.717, 1.165) is 0 Å². The molecule has 2 aromatic rings. The highest BCUT2D eigenvalue weighted by Gasteiger charge is 2.47. The van der Waals surface area contributed by atoms with Gasteiger partial charge in [0.15, 0.2) is 0 Å². The standard InChI is InChI=1S/C17H16BrF2N3O3/c1-25-15(24)22-8-6-16(7-9-22)12-10-23(17(18,19)20)21-14(12)11-4-2-3-5-13(11)26-16/h2-5,10H,6-9H2,1H3. The molecule has 1 saturated heterocycles. The van der Waals surface area contributed by atoms with E-state index in [1.165, 1.54) is 13.3 Å². The third-order valence-electron chi connectivity index (χ3n) is 4.92. The first-order chi connectivity index (χ1) is 12.3. The molecule has 26 heavy (non-hydrogen) atoms. The molecular weight excluding hydrogens is 412 g/mol. The fraction of sp³-hybridized carbons (Fsp3) is 0.412. The number of hydrogen-bond donors (Lipinski definition) is 0. The molecule has 0 saturated carbocycles. The molecule has 2 aliphatic heterocycles. The van der Waals surface area contributed by atoms with Crippen LogP contribution in [-0.4, -0.2) is 41.0 Å². The van der Waals surface area contributed by atoms with Crippen molar-refractivity contribution in [3.63, 3.8) is 0 Å². The predicted molar refractivity (Wildman–Crippen MR) is 92.3 cm³/mol. The van der Waals surface area contributed by atoms with Crippen LogP contribution >= 0.6 is 15.9 Å². The number of carbonyl (C=O) groups is 1. The molecule has 3 heterocycles. The lowest BCUT2D eigenvalue weighted by Gasteiger charge is -2.43. The van der Waals surface area contributed by atoms with Crippen LogP contribution in [0.5, 0.6) is 5.75 Å². The number of carbonyl (C=O) groups excluding carboxylic acids is 1. The highest BCUT2D eigenvalue weighted by Crippen LogP contribution is 2.49. The zero-order chi connectivity index (χ0) is 18.5. The Kier molecular flexibility index (Phi) is 3.94. The number of halogens is 3. The molecule has 2 aliphatic rings. The summed E-state index contributed by atoms with van der Waals surface area (Å²) in [4.78, 5) is 10.0. The minimum absolute atomic E-state index is 0.404. The fourth-order valence-electron chi connectivity index (χ4n) is 3.60. The van der Waals surface area contributed by atoms with Gasteiger partial charge in [0.1, 0.15) is 17.0 Å². The summed E-state index contributed by atoms with van der Waals surface area (Å²) in [6, 6.07) is 7.25. The zero-order valence-corrected chi connectivity index (χ0v) is 15.5. The van der Waals surface area contributed by atoms with E-state index in [0.29, 0.717) is 53.2 Å². The molecule has 0 atom stereocenters. The average Bonchev–Trinajstić information content (AvgIpc) is 3.09. The molecule has 9 heteroatoms. The molecule has 1 aromatic carbocycles. The summed E-state index contributed by atoms with van der Waals surface area (Å²) in [5.74, 6) is 0.606. The average molecular weight is 428 g/mol. The molecular formula is C17H16BrF2N3O3. The lowest BCUT2D eigenvalue weighted by molar-refractivity contribution is -0.00408. The van der Waals surface area contributed by atoms with Gasteiger partial charge >= 0.3 is 11.0 Å². The van der Waals surface area contributed by atoms with Crippen molar-refractivity contribution in [2.45, 2.75) is 23.4 Å². The number of ether oxygens (including phenoxy) is 2. The monoisotopic (exact) mass is 427 g/mol. The minimum Gasteiger partial charge on any atom is -0.482 e. The van der Waals surface area contributed by atoms with E-state index in [-0.39, 0.29) is 0 Å². The van der Waals surface area contributed by atoms with Crippen molar-refractivity contribution >= 4 is 22.0 Å². The molecule has 1 fully saturated rings. The van der Waals surface area contributed by atoms with Crippen LogP contribution in [-0.2, 0) is 15.3 Å². The Morgan fingerprint density at radius 1 is 1.35 bits per heavy atom. The summed E-state index contributed by atoms with van der Waals surface area (Å²) in [6.45, 7) is 0.814. The van der Waals surface area contributed by atoms with Crippen molar-refractivity contribution in [2.24, 2.45) is 0 Å². The second-order valence-corrected chi connectivity index (χ2v) is 7.31. The van der Waals surface area contributed by atoms with Gasteiger partial charge in [0.2, 0.25) is 0 Å². The van der Waals surface area contributed by atoms with Gasteiger partial charge in [-0.15, -0.1) is 0 Å². The van der Waals surface area contributed by atoms with Crippen molar-refractivity contribution < 1.29 is 23.0 Å². The van der Waals surface area contributed by atoms with Crippen molar-refractivity contribution in [3.05, 3.63) is 36.0 Å². The summed E-state index contributed by atoms with van der Waals surface area (Å²) in [5, 5.41) is 4.12. The number of methoxy groups -OCH3 is 1. The molecule has 1 amide bonds. The zero-order valence-electron chi connectivity index (χ0n) is 13.9. The van der Waals surface area contributed by atoms with Crippen LogP contribution in [0.2, 0.25) is 0 Å². The van der Waals surface area contributed by atoms with Gasteiger partial charge in [0, 0.05) is 59.2 Å². The third-order valence-corrected chi connectivity index (χ3v) is 5.28. The molecule has 0 radical (unpaired) electrons. The summed E-state index contributed by atoms with van der Waals surface area (Å²) >= 11 is 2.36. The SMILES string of the molecule is COC(=O)N1CCC2(CC1)Oc1ccccc1-c1nn(C(F)(F)Br)cc12. The Morgan fingerprint density at radius 3 is 2.69 bits per heavy atom. The Balaban J connectivity index is 1.77. The Bertz CT molecular complexity index is 857. The van der Waals surface area contributed by atoms with E-state index >= 15 is 0 Å². The van der Waals surface area contributed by atoms with Gasteiger partial charge in [-0.05, 0) is 12.1 Å². The van der Waals surface area contributed by atoms with Gasteiger partial charge in [-0.25, -0.2) is 4.79 Å². The van der Waals surface area contributed by atoms with Crippen molar-refractivity contribution in [2.75, 3.05) is 20.2 Å². The second kappa shape index (κ2) is 5.94. The second-order valence-electron chi connectivity index (χ2n) is 6.35. The van der Waals surface area contributed by atoms with E-state index in [1.54, 1.807) is 17.0 Å². The van der Waals surface area contributed by atoms with Crippen LogP contribution < -0.4 is 4.74 Å². The maximum Gasteiger partial charge on any atom is 0.409 e. The van der Waals surface area contributed by atoms with E-state index in [1.807, 2.05) is 12.1 Å². The Morgan fingerprint density at radius 2 is 2.04 bits per heavy atom. The van der Waals surface area contributed by atoms with Crippen LogP contribution in [0, 0.1) is 0 Å². The largest absolute Gasteiger partial charge is 0.482 e. The van der Waals surface area contributed by atoms with Gasteiger partial charge < -0.3 is 14.4 Å². The Hall–Kier alpha value is -2.16. The number of fused-ring (bicyclic) bond motifs is 4. The highest BCUT2D eigenvalue weighted by molar-refractivity contribution is 9.09. The fourth-order valence-corrected chi connectivity index (χ4v) is 3.79. The number of nitrogens with zero attached hydrogens (tertiary/aromatic N) is 3. The molecule has 0 bridgehead atoms. The number of piperidine rings is 1. The van der Waals surface area contributed by atoms with Crippen molar-refractivity contribution in [1.29, 1.82) is 0 Å². The van der Waals surface area contributed by atoms with Crippen LogP contribution in [0.4, 0.5) is 13.6 Å². The first-order valence-corrected chi connectivity index (χ1v) is 8.92. The molecule has 1 spiro atoms. The van der Waals surface area contributed by atoms with E-state index in [9.17, 15) is 13.6 Å². The van der Waals surface area contributed by atoms with Crippen LogP contribution in [0.25, 0.3) is 11.3 Å². The van der Waals surface area contributed by atoms with Gasteiger partial charge in [-0.2, -0.15) is 18.6 Å². The van der Waals surface area contributed by atoms with Crippen LogP contribution in [0.1, 0.15) is 18.4 Å². The maximum atomic E-state index is 13.8. The van der Waals surface area contributed by atoms with E-state index < -0.39 is 16.7 Å². The maximum absolute atomic E-state index is 13.8. The summed E-state index contributed by atoms with van der Waals surface area (Å²) in [7, 11) is 1.33. The molecule has 4 rings (SSSR count). The lowest BCUT2D eigenvalue weighted by atomic mass is 9.81. The summed E-state index contributed by atoms with van der Waals surface area (Å²) < 4.78 is 39.2. The number of aromatic nitrogens is 2. The first-order valence-electron chi connectivity index (χ1n) is 8.13. The first kappa shape index (κ1) is 17.3. The van der Waals surface area contributed by atoms with Crippen LogP contribution in [0.3, 0.4) is 0 Å². The minimum atomic E-state index is -3.30. The van der Waals surface area contributed by atoms with Gasteiger partial charge in [-0.1, -0.05) is 12.1 Å². The molecule has 0 N–H and O–H groups in total. The quantitative estimate of drug-likeness (QED) is 0.647. The lowest BCUT2D eigenvalue weighted by Crippen LogP contribution is -2.48. The summed E-state index contributed by atoms with van der Waals surface area (Å²) in [6.07, 6.45) is 1.85. The van der Waals surface area contributed by atoms with E-state index in [4.69, 9.17) is 9.47 Å². The number of para-hydroxylation sites is 1. The third kappa shape index (κ3) is 2.65. The highest BCUT2D eigenvalue weighted by atomic mass is 79.9. The smallest absolute Gasteiger partial charge is 0.409 e. The number of alkyl halides is 3. The van der Waals surface area contributed by atoms with E-state index in [2.05, 4.69) is 21.0 Å². The number of likely N-dealkylation sites (tertiary alicyclic amines) is 1. The molecule has 0 unspecified atom stereocenters. The number of benzene rings is 1. The molecule has 6 nitrogen and oxygen atoms in total. The molecule has 0 aliphatic carbocycles. The van der Waals surface area contributed by atoms with Crippen molar-refractivity contribution in [1.82, 2.24) is 14.7 Å². The number of rotatable bonds is 1. The van der Waals surface area contributed by atoms with Gasteiger partial charge in [0.05, 0.1) is 7.11 Å². The Labute approximate surface area is 156 Å². The molecule has 1 aromatic heterocycles. The number of amides is 1. The molecule has 138 valence electrons. The normalized spacial score (nSPS) is 18.1. The predicted octanol–water partition coefficient (Wildman–Crippen LogP) is 3.90. The number of hydrogen-bond acceptors (Lipinski definition) is 4. The van der Waals surface area contributed by atoms with Crippen molar-refractivity contribution in [3.8, 4) is 17.0 Å². The van der Waals surface area contributed by atoms with Crippen LogP contribution in [0.15, 0.2) is 30.5 Å². The van der Waals surface area contributed by atoms with Gasteiger partial charge in [0.25, 0.3) is 0 Å². The van der Waals surface area contributed by atoms with Gasteiger partial charge in [-0.3, -0.25) is 0 Å². The summed E-state index contributed by atoms with van der Waals surface area (Å²) in [5.41, 5.74) is 0.974. The topological polar surface area (TPSA) is 56.6 Å².